The van der Waals surface area contributed by atoms with E-state index in [-0.39, 0.29) is 17.5 Å². The Labute approximate surface area is 150 Å². The van der Waals surface area contributed by atoms with E-state index in [1.54, 1.807) is 6.08 Å². The first-order chi connectivity index (χ1) is 11.6. The molecule has 0 bridgehead atoms. The predicted octanol–water partition coefficient (Wildman–Crippen LogP) is 6.14. The first-order valence-electron chi connectivity index (χ1n) is 8.35. The molecule has 0 N–H and O–H groups in total. The molecular formula is C21H20BrFO. The van der Waals surface area contributed by atoms with Crippen molar-refractivity contribution in [2.45, 2.75) is 31.6 Å². The Bertz CT molecular complexity index is 728. The fourth-order valence-corrected chi connectivity index (χ4v) is 3.78. The molecule has 0 saturated heterocycles. The number of halogens is 2. The van der Waals surface area contributed by atoms with Gasteiger partial charge in [0.1, 0.15) is 5.82 Å². The van der Waals surface area contributed by atoms with Gasteiger partial charge >= 0.3 is 0 Å². The number of rotatable bonds is 4. The van der Waals surface area contributed by atoms with Crippen LogP contribution in [0.25, 0.3) is 6.08 Å². The summed E-state index contributed by atoms with van der Waals surface area (Å²) in [5.74, 6) is 0.575. The summed E-state index contributed by atoms with van der Waals surface area (Å²) in [7, 11) is 0. The molecule has 0 spiro atoms. The Balaban J connectivity index is 1.57. The Kier molecular flexibility index (Phi) is 5.62. The van der Waals surface area contributed by atoms with Gasteiger partial charge in [-0.2, -0.15) is 0 Å². The predicted molar refractivity (Wildman–Crippen MR) is 99.3 cm³/mol. The lowest BCUT2D eigenvalue weighted by Crippen LogP contribution is -2.19. The van der Waals surface area contributed by atoms with E-state index < -0.39 is 0 Å². The Morgan fingerprint density at radius 3 is 2.33 bits per heavy atom. The van der Waals surface area contributed by atoms with Gasteiger partial charge in [-0.15, -0.1) is 0 Å². The molecule has 0 aromatic heterocycles. The molecule has 0 aliphatic heterocycles. The second-order valence-electron chi connectivity index (χ2n) is 6.36. The van der Waals surface area contributed by atoms with Crippen LogP contribution in [0.5, 0.6) is 0 Å². The number of carbonyl (C=O) groups is 1. The summed E-state index contributed by atoms with van der Waals surface area (Å²) in [6.07, 6.45) is 7.39. The van der Waals surface area contributed by atoms with E-state index in [2.05, 4.69) is 15.9 Å². The summed E-state index contributed by atoms with van der Waals surface area (Å²) >= 11 is 3.49. The van der Waals surface area contributed by atoms with Gasteiger partial charge < -0.3 is 0 Å². The SMILES string of the molecule is O=C(/C=C/c1ccccc1Br)C1CCC(c2ccc(F)cc2)CC1. The standard InChI is InChI=1S/C21H20BrFO/c22-20-4-2-1-3-17(20)11-14-21(24)18-7-5-15(6-8-18)16-9-12-19(23)13-10-16/h1-4,9-15,18H,5-8H2/b14-11+. The quantitative estimate of drug-likeness (QED) is 0.576. The summed E-state index contributed by atoms with van der Waals surface area (Å²) in [5.41, 5.74) is 2.21. The van der Waals surface area contributed by atoms with E-state index in [9.17, 15) is 9.18 Å². The number of allylic oxidation sites excluding steroid dienone is 1. The van der Waals surface area contributed by atoms with Crippen molar-refractivity contribution in [2.24, 2.45) is 5.92 Å². The second kappa shape index (κ2) is 7.89. The van der Waals surface area contributed by atoms with Crippen molar-refractivity contribution in [3.63, 3.8) is 0 Å². The normalized spacial score (nSPS) is 21.1. The molecule has 0 unspecified atom stereocenters. The maximum Gasteiger partial charge on any atom is 0.158 e. The molecule has 2 aromatic rings. The highest BCUT2D eigenvalue weighted by Gasteiger charge is 2.25. The third-order valence-corrected chi connectivity index (χ3v) is 5.53. The number of hydrogen-bond donors (Lipinski definition) is 0. The first-order valence-corrected chi connectivity index (χ1v) is 9.14. The molecule has 1 fully saturated rings. The smallest absolute Gasteiger partial charge is 0.158 e. The molecule has 3 rings (SSSR count). The van der Waals surface area contributed by atoms with E-state index in [4.69, 9.17) is 0 Å². The van der Waals surface area contributed by atoms with Crippen LogP contribution >= 0.6 is 15.9 Å². The molecular weight excluding hydrogens is 367 g/mol. The molecule has 0 heterocycles. The van der Waals surface area contributed by atoms with Crippen LogP contribution < -0.4 is 0 Å². The van der Waals surface area contributed by atoms with Crippen LogP contribution in [0.3, 0.4) is 0 Å². The number of ketones is 1. The van der Waals surface area contributed by atoms with Gasteiger partial charge in [0.2, 0.25) is 0 Å². The summed E-state index contributed by atoms with van der Waals surface area (Å²) in [5, 5.41) is 0. The Morgan fingerprint density at radius 1 is 1.00 bits per heavy atom. The number of carbonyl (C=O) groups excluding carboxylic acids is 1. The van der Waals surface area contributed by atoms with Gasteiger partial charge in [-0.05, 0) is 67.0 Å². The lowest BCUT2D eigenvalue weighted by molar-refractivity contribution is -0.119. The van der Waals surface area contributed by atoms with Gasteiger partial charge in [0.05, 0.1) is 0 Å². The molecule has 2 aromatic carbocycles. The summed E-state index contributed by atoms with van der Waals surface area (Å²) < 4.78 is 14.0. The van der Waals surface area contributed by atoms with Crippen molar-refractivity contribution in [2.75, 3.05) is 0 Å². The monoisotopic (exact) mass is 386 g/mol. The molecule has 0 radical (unpaired) electrons. The van der Waals surface area contributed by atoms with Gasteiger partial charge in [-0.1, -0.05) is 52.3 Å². The fourth-order valence-electron chi connectivity index (χ4n) is 3.36. The second-order valence-corrected chi connectivity index (χ2v) is 7.21. The van der Waals surface area contributed by atoms with Gasteiger partial charge in [0, 0.05) is 10.4 Å². The molecule has 1 aliphatic rings. The van der Waals surface area contributed by atoms with Crippen LogP contribution in [0, 0.1) is 11.7 Å². The Hall–Kier alpha value is -1.74. The fraction of sp³-hybridized carbons (Fsp3) is 0.286. The maximum absolute atomic E-state index is 13.0. The van der Waals surface area contributed by atoms with Gasteiger partial charge in [0.15, 0.2) is 5.78 Å². The zero-order valence-corrected chi connectivity index (χ0v) is 15.0. The highest BCUT2D eigenvalue weighted by Crippen LogP contribution is 2.36. The maximum atomic E-state index is 13.0. The van der Waals surface area contributed by atoms with Crippen molar-refractivity contribution in [3.05, 3.63) is 76.0 Å². The highest BCUT2D eigenvalue weighted by atomic mass is 79.9. The lowest BCUT2D eigenvalue weighted by Gasteiger charge is -2.27. The third kappa shape index (κ3) is 4.21. The van der Waals surface area contributed by atoms with Gasteiger partial charge in [-0.3, -0.25) is 4.79 Å². The van der Waals surface area contributed by atoms with E-state index in [1.165, 1.54) is 17.7 Å². The lowest BCUT2D eigenvalue weighted by atomic mass is 9.77. The van der Waals surface area contributed by atoms with Crippen LogP contribution in [-0.4, -0.2) is 5.78 Å². The van der Waals surface area contributed by atoms with E-state index in [1.807, 2.05) is 42.5 Å². The van der Waals surface area contributed by atoms with Crippen LogP contribution in [0.2, 0.25) is 0 Å². The van der Waals surface area contributed by atoms with Crippen LogP contribution in [0.4, 0.5) is 4.39 Å². The molecule has 1 nitrogen and oxygen atoms in total. The average molecular weight is 387 g/mol. The third-order valence-electron chi connectivity index (χ3n) is 4.80. The molecule has 24 heavy (non-hydrogen) atoms. The zero-order chi connectivity index (χ0) is 16.9. The highest BCUT2D eigenvalue weighted by molar-refractivity contribution is 9.10. The number of hydrogen-bond acceptors (Lipinski definition) is 1. The van der Waals surface area contributed by atoms with Crippen LogP contribution in [0.1, 0.15) is 42.7 Å². The molecule has 124 valence electrons. The van der Waals surface area contributed by atoms with Crippen LogP contribution in [-0.2, 0) is 4.79 Å². The topological polar surface area (TPSA) is 17.1 Å². The van der Waals surface area contributed by atoms with E-state index >= 15 is 0 Å². The summed E-state index contributed by atoms with van der Waals surface area (Å²) in [6, 6.07) is 14.7. The minimum Gasteiger partial charge on any atom is -0.295 e. The van der Waals surface area contributed by atoms with Crippen molar-refractivity contribution in [3.8, 4) is 0 Å². The largest absolute Gasteiger partial charge is 0.295 e. The molecule has 1 saturated carbocycles. The minimum absolute atomic E-state index is 0.112. The Morgan fingerprint density at radius 2 is 1.67 bits per heavy atom. The zero-order valence-electron chi connectivity index (χ0n) is 13.4. The molecule has 0 atom stereocenters. The first kappa shape index (κ1) is 17.1. The van der Waals surface area contributed by atoms with Crippen molar-refractivity contribution >= 4 is 27.8 Å². The molecule has 3 heteroatoms. The number of benzene rings is 2. The van der Waals surface area contributed by atoms with Gasteiger partial charge in [0.25, 0.3) is 0 Å². The summed E-state index contributed by atoms with van der Waals surface area (Å²) in [4.78, 5) is 12.4. The van der Waals surface area contributed by atoms with Crippen molar-refractivity contribution in [1.82, 2.24) is 0 Å². The minimum atomic E-state index is -0.195. The molecule has 0 amide bonds. The average Bonchev–Trinajstić information content (AvgIpc) is 2.62. The van der Waals surface area contributed by atoms with E-state index in [0.717, 1.165) is 35.7 Å². The van der Waals surface area contributed by atoms with Crippen LogP contribution in [0.15, 0.2) is 59.1 Å². The van der Waals surface area contributed by atoms with Gasteiger partial charge in [-0.25, -0.2) is 4.39 Å². The summed E-state index contributed by atoms with van der Waals surface area (Å²) in [6.45, 7) is 0. The van der Waals surface area contributed by atoms with Crippen molar-refractivity contribution < 1.29 is 9.18 Å². The van der Waals surface area contributed by atoms with Crippen molar-refractivity contribution in [1.29, 1.82) is 0 Å². The van der Waals surface area contributed by atoms with E-state index in [0.29, 0.717) is 5.92 Å². The molecule has 1 aliphatic carbocycles.